The van der Waals surface area contributed by atoms with E-state index in [-0.39, 0.29) is 11.7 Å². The number of ketones is 1. The number of carbonyl (C=O) groups excluding carboxylic acids is 1. The zero-order valence-electron chi connectivity index (χ0n) is 12.2. The number of nitrogens with zero attached hydrogens (tertiary/aromatic N) is 2. The summed E-state index contributed by atoms with van der Waals surface area (Å²) in [6.45, 7) is 9.53. The van der Waals surface area contributed by atoms with Crippen molar-refractivity contribution in [3.8, 4) is 0 Å². The van der Waals surface area contributed by atoms with Gasteiger partial charge in [0.1, 0.15) is 0 Å². The average molecular weight is 260 g/mol. The van der Waals surface area contributed by atoms with E-state index in [2.05, 4.69) is 16.8 Å². The summed E-state index contributed by atoms with van der Waals surface area (Å²) in [5.41, 5.74) is 1.89. The van der Waals surface area contributed by atoms with E-state index in [1.54, 1.807) is 6.20 Å². The van der Waals surface area contributed by atoms with Crippen LogP contribution in [0.15, 0.2) is 18.3 Å². The maximum atomic E-state index is 11.9. The monoisotopic (exact) mass is 260 g/mol. The molecule has 0 radical (unpaired) electrons. The highest BCUT2D eigenvalue weighted by atomic mass is 16.1. The molecule has 0 N–H and O–H groups in total. The summed E-state index contributed by atoms with van der Waals surface area (Å²) in [5.74, 6) is 0.784. The standard InChI is InChI=1S/C16H24N2O/c1-4-18-9-7-13(8-10-18)15-6-5-14(11-17-15)16(19)12(2)3/h5-6,11-13H,4,7-10H2,1-3H3. The number of Topliss-reactive ketones (excluding diaryl/α,β-unsaturated/α-hetero) is 1. The fourth-order valence-electron chi connectivity index (χ4n) is 2.67. The number of rotatable bonds is 4. The van der Waals surface area contributed by atoms with E-state index in [4.69, 9.17) is 0 Å². The van der Waals surface area contributed by atoms with Crippen molar-refractivity contribution >= 4 is 5.78 Å². The maximum Gasteiger partial charge on any atom is 0.166 e. The predicted octanol–water partition coefficient (Wildman–Crippen LogP) is 3.12. The Morgan fingerprint density at radius 3 is 2.53 bits per heavy atom. The minimum Gasteiger partial charge on any atom is -0.304 e. The molecule has 3 heteroatoms. The van der Waals surface area contributed by atoms with Gasteiger partial charge in [-0.25, -0.2) is 0 Å². The van der Waals surface area contributed by atoms with Gasteiger partial charge in [-0.3, -0.25) is 9.78 Å². The predicted molar refractivity (Wildman–Crippen MR) is 77.5 cm³/mol. The fourth-order valence-corrected chi connectivity index (χ4v) is 2.67. The third kappa shape index (κ3) is 3.41. The molecule has 0 amide bonds. The lowest BCUT2D eigenvalue weighted by molar-refractivity contribution is 0.0939. The summed E-state index contributed by atoms with van der Waals surface area (Å²) in [4.78, 5) is 18.9. The van der Waals surface area contributed by atoms with E-state index in [1.807, 2.05) is 26.0 Å². The number of carbonyl (C=O) groups is 1. The largest absolute Gasteiger partial charge is 0.304 e. The van der Waals surface area contributed by atoms with Gasteiger partial charge in [0.15, 0.2) is 5.78 Å². The lowest BCUT2D eigenvalue weighted by atomic mass is 9.92. The lowest BCUT2D eigenvalue weighted by Crippen LogP contribution is -2.32. The van der Waals surface area contributed by atoms with Crippen LogP contribution in [0.3, 0.4) is 0 Å². The molecule has 0 aromatic carbocycles. The van der Waals surface area contributed by atoms with Crippen LogP contribution in [0.4, 0.5) is 0 Å². The first-order chi connectivity index (χ1) is 9.11. The normalized spacial score (nSPS) is 17.9. The second kappa shape index (κ2) is 6.29. The molecule has 0 aliphatic carbocycles. The van der Waals surface area contributed by atoms with Gasteiger partial charge in [-0.2, -0.15) is 0 Å². The molecule has 1 aromatic heterocycles. The van der Waals surface area contributed by atoms with Crippen LogP contribution in [0.5, 0.6) is 0 Å². The van der Waals surface area contributed by atoms with Gasteiger partial charge in [0, 0.05) is 29.3 Å². The number of hydrogen-bond donors (Lipinski definition) is 0. The van der Waals surface area contributed by atoms with Crippen molar-refractivity contribution in [1.29, 1.82) is 0 Å². The molecule has 1 aromatic rings. The number of aromatic nitrogens is 1. The van der Waals surface area contributed by atoms with Crippen molar-refractivity contribution in [3.05, 3.63) is 29.6 Å². The van der Waals surface area contributed by atoms with Crippen molar-refractivity contribution in [2.45, 2.75) is 39.5 Å². The first kappa shape index (κ1) is 14.2. The van der Waals surface area contributed by atoms with Gasteiger partial charge in [-0.15, -0.1) is 0 Å². The Morgan fingerprint density at radius 2 is 2.05 bits per heavy atom. The molecule has 0 atom stereocenters. The molecule has 2 heterocycles. The molecule has 1 aliphatic heterocycles. The zero-order chi connectivity index (χ0) is 13.8. The van der Waals surface area contributed by atoms with Crippen LogP contribution in [0.25, 0.3) is 0 Å². The Labute approximate surface area is 116 Å². The molecule has 2 rings (SSSR count). The second-order valence-electron chi connectivity index (χ2n) is 5.70. The molecular weight excluding hydrogens is 236 g/mol. The molecule has 3 nitrogen and oxygen atoms in total. The smallest absolute Gasteiger partial charge is 0.166 e. The molecule has 104 valence electrons. The molecule has 1 saturated heterocycles. The third-order valence-electron chi connectivity index (χ3n) is 4.05. The van der Waals surface area contributed by atoms with Crippen molar-refractivity contribution in [1.82, 2.24) is 9.88 Å². The van der Waals surface area contributed by atoms with E-state index in [0.29, 0.717) is 5.92 Å². The van der Waals surface area contributed by atoms with Gasteiger partial charge in [0.25, 0.3) is 0 Å². The molecule has 0 saturated carbocycles. The van der Waals surface area contributed by atoms with Gasteiger partial charge in [-0.1, -0.05) is 20.8 Å². The Morgan fingerprint density at radius 1 is 1.37 bits per heavy atom. The number of likely N-dealkylation sites (tertiary alicyclic amines) is 1. The van der Waals surface area contributed by atoms with Crippen LogP contribution < -0.4 is 0 Å². The van der Waals surface area contributed by atoms with Crippen LogP contribution in [0, 0.1) is 5.92 Å². The Hall–Kier alpha value is -1.22. The van der Waals surface area contributed by atoms with Gasteiger partial charge < -0.3 is 4.90 Å². The first-order valence-corrected chi connectivity index (χ1v) is 7.34. The minimum atomic E-state index is 0.0421. The summed E-state index contributed by atoms with van der Waals surface area (Å²) < 4.78 is 0. The SMILES string of the molecule is CCN1CCC(c2ccc(C(=O)C(C)C)cn2)CC1. The zero-order valence-corrected chi connectivity index (χ0v) is 12.2. The maximum absolute atomic E-state index is 11.9. The minimum absolute atomic E-state index is 0.0421. The summed E-state index contributed by atoms with van der Waals surface area (Å²) in [7, 11) is 0. The summed E-state index contributed by atoms with van der Waals surface area (Å²) in [6.07, 6.45) is 4.11. The van der Waals surface area contributed by atoms with Crippen LogP contribution in [-0.4, -0.2) is 35.3 Å². The highest BCUT2D eigenvalue weighted by Crippen LogP contribution is 2.26. The van der Waals surface area contributed by atoms with Gasteiger partial charge in [0.05, 0.1) is 0 Å². The molecule has 1 fully saturated rings. The van der Waals surface area contributed by atoms with Crippen LogP contribution in [0.2, 0.25) is 0 Å². The first-order valence-electron chi connectivity index (χ1n) is 7.34. The molecule has 0 spiro atoms. The van der Waals surface area contributed by atoms with E-state index < -0.39 is 0 Å². The lowest BCUT2D eigenvalue weighted by Gasteiger charge is -2.30. The van der Waals surface area contributed by atoms with Gasteiger partial charge in [0.2, 0.25) is 0 Å². The fraction of sp³-hybridized carbons (Fsp3) is 0.625. The molecule has 19 heavy (non-hydrogen) atoms. The van der Waals surface area contributed by atoms with Crippen LogP contribution in [-0.2, 0) is 0 Å². The molecular formula is C16H24N2O. The third-order valence-corrected chi connectivity index (χ3v) is 4.05. The average Bonchev–Trinajstić information content (AvgIpc) is 2.46. The van der Waals surface area contributed by atoms with E-state index in [1.165, 1.54) is 12.8 Å². The summed E-state index contributed by atoms with van der Waals surface area (Å²) in [5, 5.41) is 0. The Bertz CT molecular complexity index is 417. The van der Waals surface area contributed by atoms with Crippen molar-refractivity contribution in [2.75, 3.05) is 19.6 Å². The quantitative estimate of drug-likeness (QED) is 0.780. The van der Waals surface area contributed by atoms with Crippen molar-refractivity contribution in [2.24, 2.45) is 5.92 Å². The Kier molecular flexibility index (Phi) is 4.70. The van der Waals surface area contributed by atoms with Crippen molar-refractivity contribution in [3.63, 3.8) is 0 Å². The summed E-state index contributed by atoms with van der Waals surface area (Å²) in [6, 6.07) is 3.98. The van der Waals surface area contributed by atoms with Crippen LogP contribution in [0.1, 0.15) is 55.6 Å². The Balaban J connectivity index is 2.01. The molecule has 0 unspecified atom stereocenters. The van der Waals surface area contributed by atoms with E-state index in [9.17, 15) is 4.79 Å². The van der Waals surface area contributed by atoms with Crippen LogP contribution >= 0.6 is 0 Å². The van der Waals surface area contributed by atoms with Crippen molar-refractivity contribution < 1.29 is 4.79 Å². The summed E-state index contributed by atoms with van der Waals surface area (Å²) >= 11 is 0. The topological polar surface area (TPSA) is 33.2 Å². The van der Waals surface area contributed by atoms with E-state index in [0.717, 1.165) is 30.9 Å². The van der Waals surface area contributed by atoms with Gasteiger partial charge in [-0.05, 0) is 44.6 Å². The highest BCUT2D eigenvalue weighted by molar-refractivity contribution is 5.97. The van der Waals surface area contributed by atoms with E-state index >= 15 is 0 Å². The number of pyridine rings is 1. The molecule has 0 bridgehead atoms. The number of hydrogen-bond acceptors (Lipinski definition) is 3. The molecule has 1 aliphatic rings. The second-order valence-corrected chi connectivity index (χ2v) is 5.70. The highest BCUT2D eigenvalue weighted by Gasteiger charge is 2.21. The number of piperidine rings is 1. The van der Waals surface area contributed by atoms with Gasteiger partial charge >= 0.3 is 0 Å².